The fourth-order valence-electron chi connectivity index (χ4n) is 3.10. The molecule has 0 unspecified atom stereocenters. The summed E-state index contributed by atoms with van der Waals surface area (Å²) in [6, 6.07) is 0. The Bertz CT molecular complexity index is 761. The number of nitrogens with zero attached hydrogens (tertiary/aromatic N) is 3. The van der Waals surface area contributed by atoms with E-state index in [1.807, 2.05) is 10.3 Å². The summed E-state index contributed by atoms with van der Waals surface area (Å²) < 4.78 is 5.09. The van der Waals surface area contributed by atoms with Gasteiger partial charge in [0.15, 0.2) is 5.13 Å². The Balaban J connectivity index is 1.72. The molecule has 0 spiro atoms. The van der Waals surface area contributed by atoms with Crippen molar-refractivity contribution in [1.82, 2.24) is 14.9 Å². The van der Waals surface area contributed by atoms with Crippen LogP contribution in [0.3, 0.4) is 0 Å². The monoisotopic (exact) mass is 362 g/mol. The molecule has 1 saturated heterocycles. The van der Waals surface area contributed by atoms with Crippen LogP contribution in [0, 0.1) is 13.8 Å². The second kappa shape index (κ2) is 7.26. The minimum absolute atomic E-state index is 0.0741. The van der Waals surface area contributed by atoms with E-state index in [-0.39, 0.29) is 11.9 Å². The molecule has 1 aliphatic rings. The van der Waals surface area contributed by atoms with Crippen LogP contribution in [0.2, 0.25) is 0 Å². The van der Waals surface area contributed by atoms with Crippen LogP contribution in [-0.2, 0) is 4.74 Å². The molecule has 2 aromatic rings. The third-order valence-corrected chi connectivity index (χ3v) is 5.22. The van der Waals surface area contributed by atoms with Crippen LogP contribution in [0.4, 0.5) is 5.13 Å². The highest BCUT2D eigenvalue weighted by atomic mass is 32.1. The van der Waals surface area contributed by atoms with Crippen molar-refractivity contribution in [3.05, 3.63) is 34.1 Å². The highest BCUT2D eigenvalue weighted by molar-refractivity contribution is 7.13. The molecule has 1 fully saturated rings. The fourth-order valence-corrected chi connectivity index (χ4v) is 3.80. The van der Waals surface area contributed by atoms with E-state index >= 15 is 0 Å². The highest BCUT2D eigenvalue weighted by Crippen LogP contribution is 2.23. The number of carbonyl (C=O) groups is 2. The summed E-state index contributed by atoms with van der Waals surface area (Å²) in [5.41, 5.74) is 2.26. The van der Waals surface area contributed by atoms with Crippen LogP contribution in [0.15, 0.2) is 11.6 Å². The molecule has 2 aromatic heterocycles. The molecule has 134 valence electrons. The molecule has 1 amide bonds. The molecular formula is C17H22N4O3S. The van der Waals surface area contributed by atoms with E-state index in [1.54, 1.807) is 38.3 Å². The quantitative estimate of drug-likeness (QED) is 0.844. The molecule has 0 atom stereocenters. The molecule has 3 heterocycles. The molecule has 3 rings (SSSR count). The Morgan fingerprint density at radius 2 is 2.00 bits per heavy atom. The summed E-state index contributed by atoms with van der Waals surface area (Å²) in [6.45, 7) is 8.42. The number of aryl methyl sites for hydroxylation is 1. The summed E-state index contributed by atoms with van der Waals surface area (Å²) >= 11 is 1.60. The average Bonchev–Trinajstić information content (AvgIpc) is 3.23. The standard InChI is InChI=1S/C17H22N4O3S/c1-4-24-16(23)13-11(2)14(19-12(13)3)15(22)20-6-8-21(9-7-20)17-18-5-10-25-17/h5,10,19H,4,6-9H2,1-3H3. The normalized spacial score (nSPS) is 14.7. The van der Waals surface area contributed by atoms with E-state index in [9.17, 15) is 9.59 Å². The number of nitrogens with one attached hydrogen (secondary N) is 1. The van der Waals surface area contributed by atoms with E-state index < -0.39 is 0 Å². The van der Waals surface area contributed by atoms with Crippen molar-refractivity contribution in [3.63, 3.8) is 0 Å². The fraction of sp³-hybridized carbons (Fsp3) is 0.471. The van der Waals surface area contributed by atoms with Crippen molar-refractivity contribution >= 4 is 28.3 Å². The number of aromatic nitrogens is 2. The van der Waals surface area contributed by atoms with Gasteiger partial charge in [-0.2, -0.15) is 0 Å². The smallest absolute Gasteiger partial charge is 0.340 e. The molecule has 8 heteroatoms. The first-order chi connectivity index (χ1) is 12.0. The molecule has 25 heavy (non-hydrogen) atoms. The van der Waals surface area contributed by atoms with E-state index in [4.69, 9.17) is 4.74 Å². The molecule has 0 aromatic carbocycles. The van der Waals surface area contributed by atoms with Gasteiger partial charge < -0.3 is 19.5 Å². The molecule has 0 radical (unpaired) electrons. The van der Waals surface area contributed by atoms with Crippen molar-refractivity contribution in [1.29, 1.82) is 0 Å². The van der Waals surface area contributed by atoms with Gasteiger partial charge in [-0.05, 0) is 26.3 Å². The maximum Gasteiger partial charge on any atom is 0.340 e. The highest BCUT2D eigenvalue weighted by Gasteiger charge is 2.28. The zero-order chi connectivity index (χ0) is 18.0. The minimum Gasteiger partial charge on any atom is -0.462 e. The number of esters is 1. The van der Waals surface area contributed by atoms with Gasteiger partial charge in [-0.25, -0.2) is 9.78 Å². The summed E-state index contributed by atoms with van der Waals surface area (Å²) in [4.78, 5) is 36.4. The van der Waals surface area contributed by atoms with E-state index in [0.717, 1.165) is 18.2 Å². The predicted molar refractivity (Wildman–Crippen MR) is 96.5 cm³/mol. The van der Waals surface area contributed by atoms with Gasteiger partial charge in [-0.3, -0.25) is 4.79 Å². The summed E-state index contributed by atoms with van der Waals surface area (Å²) in [5, 5.41) is 2.94. The molecule has 0 aliphatic carbocycles. The zero-order valence-electron chi connectivity index (χ0n) is 14.7. The Labute approximate surface area is 150 Å². The van der Waals surface area contributed by atoms with Crippen molar-refractivity contribution in [2.24, 2.45) is 0 Å². The topological polar surface area (TPSA) is 78.5 Å². The maximum atomic E-state index is 12.9. The van der Waals surface area contributed by atoms with Gasteiger partial charge in [-0.1, -0.05) is 0 Å². The number of carbonyl (C=O) groups excluding carboxylic acids is 2. The molecule has 0 bridgehead atoms. The van der Waals surface area contributed by atoms with Crippen LogP contribution in [0.25, 0.3) is 0 Å². The summed E-state index contributed by atoms with van der Waals surface area (Å²) in [6.07, 6.45) is 1.79. The van der Waals surface area contributed by atoms with Gasteiger partial charge in [-0.15, -0.1) is 11.3 Å². The van der Waals surface area contributed by atoms with E-state index in [0.29, 0.717) is 42.2 Å². The van der Waals surface area contributed by atoms with Gasteiger partial charge in [0.25, 0.3) is 5.91 Å². The van der Waals surface area contributed by atoms with Crippen LogP contribution in [0.1, 0.15) is 39.0 Å². The lowest BCUT2D eigenvalue weighted by atomic mass is 10.1. The third kappa shape index (κ3) is 3.39. The van der Waals surface area contributed by atoms with Crippen LogP contribution < -0.4 is 4.90 Å². The van der Waals surface area contributed by atoms with Crippen molar-refractivity contribution in [3.8, 4) is 0 Å². The first kappa shape index (κ1) is 17.5. The molecular weight excluding hydrogens is 340 g/mol. The average molecular weight is 362 g/mol. The number of aromatic amines is 1. The zero-order valence-corrected chi connectivity index (χ0v) is 15.5. The lowest BCUT2D eigenvalue weighted by Crippen LogP contribution is -2.49. The molecule has 1 aliphatic heterocycles. The Morgan fingerprint density at radius 3 is 2.60 bits per heavy atom. The Hall–Kier alpha value is -2.35. The Kier molecular flexibility index (Phi) is 5.08. The second-order valence-corrected chi connectivity index (χ2v) is 6.81. The van der Waals surface area contributed by atoms with Gasteiger partial charge in [0, 0.05) is 43.4 Å². The summed E-state index contributed by atoms with van der Waals surface area (Å²) in [5.74, 6) is -0.462. The molecule has 1 N–H and O–H groups in total. The number of piperazine rings is 1. The lowest BCUT2D eigenvalue weighted by molar-refractivity contribution is 0.0525. The predicted octanol–water partition coefficient (Wildman–Crippen LogP) is 2.23. The number of hydrogen-bond acceptors (Lipinski definition) is 6. The first-order valence-corrected chi connectivity index (χ1v) is 9.20. The minimum atomic E-state index is -0.388. The molecule has 7 nitrogen and oxygen atoms in total. The van der Waals surface area contributed by atoms with Gasteiger partial charge in [0.1, 0.15) is 5.69 Å². The van der Waals surface area contributed by atoms with Gasteiger partial charge >= 0.3 is 5.97 Å². The maximum absolute atomic E-state index is 12.9. The largest absolute Gasteiger partial charge is 0.462 e. The van der Waals surface area contributed by atoms with Crippen molar-refractivity contribution in [2.75, 3.05) is 37.7 Å². The number of rotatable bonds is 4. The van der Waals surface area contributed by atoms with E-state index in [2.05, 4.69) is 14.9 Å². The molecule has 0 saturated carbocycles. The summed E-state index contributed by atoms with van der Waals surface area (Å²) in [7, 11) is 0. The number of H-pyrrole nitrogens is 1. The lowest BCUT2D eigenvalue weighted by Gasteiger charge is -2.34. The SMILES string of the molecule is CCOC(=O)c1c(C)[nH]c(C(=O)N2CCN(c3nccs3)CC2)c1C. The number of anilines is 1. The number of ether oxygens (including phenoxy) is 1. The van der Waals surface area contributed by atoms with Crippen LogP contribution >= 0.6 is 11.3 Å². The first-order valence-electron chi connectivity index (χ1n) is 8.33. The van der Waals surface area contributed by atoms with Gasteiger partial charge in [0.05, 0.1) is 12.2 Å². The van der Waals surface area contributed by atoms with Gasteiger partial charge in [0.2, 0.25) is 0 Å². The van der Waals surface area contributed by atoms with E-state index in [1.165, 1.54) is 0 Å². The number of amides is 1. The van der Waals surface area contributed by atoms with Crippen molar-refractivity contribution < 1.29 is 14.3 Å². The number of hydrogen-bond donors (Lipinski definition) is 1. The van der Waals surface area contributed by atoms with Crippen LogP contribution in [-0.4, -0.2) is 59.5 Å². The Morgan fingerprint density at radius 1 is 1.28 bits per heavy atom. The number of thiazole rings is 1. The van der Waals surface area contributed by atoms with Crippen LogP contribution in [0.5, 0.6) is 0 Å². The van der Waals surface area contributed by atoms with Crippen molar-refractivity contribution in [2.45, 2.75) is 20.8 Å². The third-order valence-electron chi connectivity index (χ3n) is 4.39. The second-order valence-electron chi connectivity index (χ2n) is 5.94.